The minimum absolute atomic E-state index is 0. The Balaban J connectivity index is -0.0000000729. The van der Waals surface area contributed by atoms with Crippen LogP contribution in [0.2, 0.25) is 0 Å². The van der Waals surface area contributed by atoms with Crippen LogP contribution in [0.5, 0.6) is 0 Å². The van der Waals surface area contributed by atoms with E-state index >= 15 is 0 Å². The summed E-state index contributed by atoms with van der Waals surface area (Å²) < 4.78 is 0. The van der Waals surface area contributed by atoms with Gasteiger partial charge in [0.1, 0.15) is 11.0 Å². The molecule has 6 nitrogen and oxygen atoms in total. The van der Waals surface area contributed by atoms with Crippen molar-refractivity contribution in [1.82, 2.24) is 29.9 Å². The zero-order valence-electron chi connectivity index (χ0n) is 15.1. The predicted octanol–water partition coefficient (Wildman–Crippen LogP) is 6.29. The predicted molar refractivity (Wildman–Crippen MR) is 137 cm³/mol. The average Bonchev–Trinajstić information content (AvgIpc) is 3.29. The topological polar surface area (TPSA) is 83.1 Å². The monoisotopic (exact) mass is 580 g/mol. The van der Waals surface area contributed by atoms with Crippen molar-refractivity contribution in [2.24, 2.45) is 0 Å². The van der Waals surface area contributed by atoms with E-state index in [1.54, 1.807) is 58.1 Å². The Morgan fingerprint density at radius 2 is 1.23 bits per heavy atom. The zero-order chi connectivity index (χ0) is 17.2. The van der Waals surface area contributed by atoms with E-state index in [-0.39, 0.29) is 149 Å². The van der Waals surface area contributed by atoms with E-state index in [9.17, 15) is 0 Å². The van der Waals surface area contributed by atoms with Gasteiger partial charge in [0.05, 0.1) is 4.90 Å². The van der Waals surface area contributed by atoms with Crippen molar-refractivity contribution in [1.29, 1.82) is 0 Å². The standard InChI is InChI=1S/C7H7N3S.C6H5N3.C2H6S2.3CH4.3Ar.H2S/c1-11-5-4-10-7-6(5)8-2-3-9-7;1-2-8-6-5(1)7-3-4-9-6;1-3-4-2;;;;;;;/h2-4H,1H3,(H,9,10);1-4H,(H,8,9);1-2H3;3*1H4;;;;1H2. The van der Waals surface area contributed by atoms with Gasteiger partial charge in [0.25, 0.3) is 0 Å². The Morgan fingerprint density at radius 3 is 1.74 bits per heavy atom. The summed E-state index contributed by atoms with van der Waals surface area (Å²) in [7, 11) is 3.55. The Hall–Kier alpha value is 2.42. The van der Waals surface area contributed by atoms with E-state index in [0.717, 1.165) is 27.2 Å². The maximum absolute atomic E-state index is 4.20. The molecule has 0 aromatic carbocycles. The van der Waals surface area contributed by atoms with Gasteiger partial charge in [-0.15, -0.1) is 11.8 Å². The van der Waals surface area contributed by atoms with Gasteiger partial charge in [-0.2, -0.15) is 13.5 Å². The van der Waals surface area contributed by atoms with Crippen LogP contribution < -0.4 is 0 Å². The Kier molecular flexibility index (Phi) is 43.2. The summed E-state index contributed by atoms with van der Waals surface area (Å²) in [5.74, 6) is 0. The summed E-state index contributed by atoms with van der Waals surface area (Å²) in [5, 5.41) is 0. The molecule has 4 aromatic rings. The molecule has 0 aliphatic rings. The molecule has 0 amide bonds. The van der Waals surface area contributed by atoms with Crippen LogP contribution in [-0.2, 0) is 0 Å². The number of thioether (sulfide) groups is 1. The first-order chi connectivity index (χ1) is 11.8. The van der Waals surface area contributed by atoms with Gasteiger partial charge in [-0.1, -0.05) is 43.9 Å². The Morgan fingerprint density at radius 1 is 0.710 bits per heavy atom. The first-order valence-corrected chi connectivity index (χ1v) is 11.1. The van der Waals surface area contributed by atoms with Crippen molar-refractivity contribution in [3.8, 4) is 0 Å². The molecule has 4 rings (SSSR count). The largest absolute Gasteiger partial charge is 0.345 e. The van der Waals surface area contributed by atoms with Crippen LogP contribution in [-0.4, -0.2) is 48.7 Å². The second kappa shape index (κ2) is 28.7. The van der Waals surface area contributed by atoms with Crippen LogP contribution in [0.1, 0.15) is 22.3 Å². The van der Waals surface area contributed by atoms with Crippen molar-refractivity contribution in [3.63, 3.8) is 0 Å². The van der Waals surface area contributed by atoms with Crippen molar-refractivity contribution in [3.05, 3.63) is 43.2 Å². The molecule has 0 fully saturated rings. The molecular weight excluding hydrogens is 548 g/mol. The minimum Gasteiger partial charge on any atom is -0.345 e. The van der Waals surface area contributed by atoms with Crippen LogP contribution in [0.15, 0.2) is 48.1 Å². The van der Waals surface area contributed by atoms with Crippen LogP contribution in [0.4, 0.5) is 0 Å². The van der Waals surface area contributed by atoms with Gasteiger partial charge in [-0.3, -0.25) is 9.97 Å². The van der Waals surface area contributed by atoms with Crippen LogP contribution in [0, 0.1) is 113 Å². The molecule has 0 saturated heterocycles. The summed E-state index contributed by atoms with van der Waals surface area (Å²) >= 11 is 1.67. The van der Waals surface area contributed by atoms with Crippen LogP contribution in [0.25, 0.3) is 22.3 Å². The van der Waals surface area contributed by atoms with E-state index in [2.05, 4.69) is 42.4 Å². The van der Waals surface area contributed by atoms with Gasteiger partial charge < -0.3 is 9.97 Å². The molecular formula is C18H32Ar3N6S4. The Bertz CT molecular complexity index is 847. The fourth-order valence-corrected chi connectivity index (χ4v) is 2.28. The van der Waals surface area contributed by atoms with Crippen LogP contribution in [0.3, 0.4) is 0 Å². The number of nitrogens with one attached hydrogen (secondary N) is 2. The number of hydrogen-bond acceptors (Lipinski definition) is 7. The molecule has 0 atom stereocenters. The molecule has 31 heavy (non-hydrogen) atoms. The van der Waals surface area contributed by atoms with Crippen molar-refractivity contribution < 1.29 is 113 Å². The van der Waals surface area contributed by atoms with Crippen LogP contribution >= 0.6 is 46.8 Å². The number of H-pyrrole nitrogens is 2. The SMILES string of the molecule is C.C.C.CSSC.CSc1c[nH]c2nccnc12.S.[Ar].[Ar].[Ar].c1cnc2[nH]ccc2n1. The molecule has 0 radical (unpaired) electrons. The number of fused-ring (bicyclic) bond motifs is 2. The molecule has 2 N–H and O–H groups in total. The molecule has 13 heteroatoms. The van der Waals surface area contributed by atoms with Crippen molar-refractivity contribution in [2.45, 2.75) is 27.2 Å². The summed E-state index contributed by atoms with van der Waals surface area (Å²) in [5.41, 5.74) is 3.58. The molecule has 4 aromatic heterocycles. The van der Waals surface area contributed by atoms with E-state index < -0.39 is 0 Å². The second-order valence-corrected chi connectivity index (χ2v) is 7.73. The Labute approximate surface area is 296 Å². The van der Waals surface area contributed by atoms with E-state index in [1.807, 2.05) is 24.7 Å². The normalized spacial score (nSPS) is 7.71. The summed E-state index contributed by atoms with van der Waals surface area (Å²) in [6, 6.07) is 1.89. The molecule has 0 spiro atoms. The molecule has 4 heterocycles. The summed E-state index contributed by atoms with van der Waals surface area (Å²) in [6.07, 6.45) is 16.6. The first-order valence-electron chi connectivity index (χ1n) is 6.93. The van der Waals surface area contributed by atoms with Gasteiger partial charge in [0.15, 0.2) is 11.3 Å². The molecule has 0 unspecified atom stereocenters. The first kappa shape index (κ1) is 46.7. The third-order valence-electron chi connectivity index (χ3n) is 2.85. The fourth-order valence-electron chi connectivity index (χ4n) is 1.76. The third-order valence-corrected chi connectivity index (χ3v) is 4.93. The van der Waals surface area contributed by atoms with Gasteiger partial charge in [0.2, 0.25) is 0 Å². The maximum Gasteiger partial charge on any atom is 0.157 e. The van der Waals surface area contributed by atoms with Crippen molar-refractivity contribution >= 4 is 69.2 Å². The quantitative estimate of drug-likeness (QED) is 0.213. The number of aromatic amines is 2. The van der Waals surface area contributed by atoms with Gasteiger partial charge in [0, 0.05) is 150 Å². The maximum atomic E-state index is 4.20. The second-order valence-electron chi connectivity index (χ2n) is 4.21. The average molecular weight is 581 g/mol. The summed E-state index contributed by atoms with van der Waals surface area (Å²) in [4.78, 5) is 23.5. The van der Waals surface area contributed by atoms with E-state index in [4.69, 9.17) is 0 Å². The van der Waals surface area contributed by atoms with Gasteiger partial charge in [-0.25, -0.2) is 9.97 Å². The fraction of sp³-hybridized carbons (Fsp3) is 0.333. The number of nitrogens with zero attached hydrogens (tertiary/aromatic N) is 4. The third kappa shape index (κ3) is 16.7. The smallest absolute Gasteiger partial charge is 0.157 e. The molecule has 0 bridgehead atoms. The molecule has 0 aliphatic carbocycles. The van der Waals surface area contributed by atoms with Gasteiger partial charge >= 0.3 is 0 Å². The summed E-state index contributed by atoms with van der Waals surface area (Å²) in [6.45, 7) is 0. The number of hydrogen-bond donors (Lipinski definition) is 2. The molecule has 182 valence electrons. The number of aromatic nitrogens is 6. The molecule has 0 saturated carbocycles. The van der Waals surface area contributed by atoms with Gasteiger partial charge in [-0.05, 0) is 24.8 Å². The van der Waals surface area contributed by atoms with E-state index in [0.29, 0.717) is 0 Å². The molecule has 0 aliphatic heterocycles. The zero-order valence-corrected chi connectivity index (χ0v) is 20.7. The minimum atomic E-state index is 0. The number of rotatable bonds is 2. The van der Waals surface area contributed by atoms with E-state index in [1.165, 1.54) is 0 Å². The van der Waals surface area contributed by atoms with Crippen molar-refractivity contribution in [2.75, 3.05) is 18.8 Å².